The molecule has 2 heterocycles. The summed E-state index contributed by atoms with van der Waals surface area (Å²) in [6, 6.07) is 3.99. The molecule has 0 aromatic carbocycles. The Morgan fingerprint density at radius 2 is 2.00 bits per heavy atom. The largest absolute Gasteiger partial charge is 0.365 e. The number of hydrogen-bond acceptors (Lipinski definition) is 6. The summed E-state index contributed by atoms with van der Waals surface area (Å²) in [6.45, 7) is 4.97. The first-order valence-electron chi connectivity index (χ1n) is 6.40. The number of hydrazine groups is 1. The van der Waals surface area contributed by atoms with E-state index in [-0.39, 0.29) is 0 Å². The Morgan fingerprint density at radius 3 is 2.68 bits per heavy atom. The minimum Gasteiger partial charge on any atom is -0.365 e. The third-order valence-corrected chi connectivity index (χ3v) is 3.85. The summed E-state index contributed by atoms with van der Waals surface area (Å²) in [4.78, 5) is 10.1. The maximum Gasteiger partial charge on any atom is 0.145 e. The monoisotopic (exact) mass is 277 g/mol. The topological polar surface area (TPSA) is 75.9 Å². The fourth-order valence-corrected chi connectivity index (χ4v) is 2.74. The molecule has 19 heavy (non-hydrogen) atoms. The molecule has 0 aliphatic heterocycles. The second kappa shape index (κ2) is 6.49. The van der Waals surface area contributed by atoms with Gasteiger partial charge in [-0.05, 0) is 23.4 Å². The quantitative estimate of drug-likeness (QED) is 0.559. The van der Waals surface area contributed by atoms with E-state index < -0.39 is 0 Å². The summed E-state index contributed by atoms with van der Waals surface area (Å²) in [5.74, 6) is 7.63. The molecule has 0 aliphatic carbocycles. The number of nitrogens with zero attached hydrogens (tertiary/aromatic N) is 2. The third kappa shape index (κ3) is 3.42. The van der Waals surface area contributed by atoms with E-state index in [9.17, 15) is 0 Å². The number of nitrogens with two attached hydrogens (primary N) is 1. The Bertz CT molecular complexity index is 515. The standard InChI is InChI=1S/C13H19N5S/c1-3-9-5-6-19-10(9)8-15-12-7-13(18-14)17-11(4-2)16-12/h5-7H,3-4,8,14H2,1-2H3,(H2,15,16,17,18). The molecule has 0 fully saturated rings. The van der Waals surface area contributed by atoms with Gasteiger partial charge in [0.05, 0.1) is 6.54 Å². The third-order valence-electron chi connectivity index (χ3n) is 2.89. The van der Waals surface area contributed by atoms with E-state index in [0.29, 0.717) is 5.82 Å². The van der Waals surface area contributed by atoms with Crippen LogP contribution in [-0.4, -0.2) is 9.97 Å². The molecule has 2 aromatic rings. The van der Waals surface area contributed by atoms with E-state index in [4.69, 9.17) is 5.84 Å². The van der Waals surface area contributed by atoms with E-state index in [1.165, 1.54) is 10.4 Å². The molecule has 0 aliphatic rings. The lowest BCUT2D eigenvalue weighted by atomic mass is 10.2. The molecule has 2 aromatic heterocycles. The van der Waals surface area contributed by atoms with Crippen LogP contribution >= 0.6 is 11.3 Å². The summed E-state index contributed by atoms with van der Waals surface area (Å²) < 4.78 is 0. The lowest BCUT2D eigenvalue weighted by Gasteiger charge is -2.09. The van der Waals surface area contributed by atoms with Crippen LogP contribution < -0.4 is 16.6 Å². The highest BCUT2D eigenvalue weighted by atomic mass is 32.1. The van der Waals surface area contributed by atoms with Gasteiger partial charge < -0.3 is 10.7 Å². The highest BCUT2D eigenvalue weighted by Gasteiger charge is 2.05. The summed E-state index contributed by atoms with van der Waals surface area (Å²) in [7, 11) is 0. The Balaban J connectivity index is 2.10. The maximum atomic E-state index is 5.41. The van der Waals surface area contributed by atoms with Crippen molar-refractivity contribution < 1.29 is 0 Å². The van der Waals surface area contributed by atoms with Gasteiger partial charge in [-0.1, -0.05) is 13.8 Å². The number of nitrogens with one attached hydrogen (secondary N) is 2. The van der Waals surface area contributed by atoms with E-state index >= 15 is 0 Å². The highest BCUT2D eigenvalue weighted by molar-refractivity contribution is 7.10. The molecule has 0 unspecified atom stereocenters. The zero-order valence-corrected chi connectivity index (χ0v) is 12.0. The smallest absolute Gasteiger partial charge is 0.145 e. The van der Waals surface area contributed by atoms with Crippen LogP contribution in [0.25, 0.3) is 0 Å². The molecular weight excluding hydrogens is 258 g/mol. The predicted molar refractivity (Wildman–Crippen MR) is 80.2 cm³/mol. The van der Waals surface area contributed by atoms with Crippen molar-refractivity contribution in [2.45, 2.75) is 33.2 Å². The van der Waals surface area contributed by atoms with Crippen LogP contribution in [0, 0.1) is 0 Å². The van der Waals surface area contributed by atoms with Crippen molar-refractivity contribution >= 4 is 23.0 Å². The molecule has 102 valence electrons. The Kier molecular flexibility index (Phi) is 4.70. The molecule has 0 saturated heterocycles. The van der Waals surface area contributed by atoms with E-state index in [2.05, 4.69) is 39.1 Å². The van der Waals surface area contributed by atoms with Crippen LogP contribution in [-0.2, 0) is 19.4 Å². The molecular formula is C13H19N5S. The summed E-state index contributed by atoms with van der Waals surface area (Å²) in [5, 5.41) is 5.46. The maximum absolute atomic E-state index is 5.41. The fourth-order valence-electron chi connectivity index (χ4n) is 1.83. The number of anilines is 2. The van der Waals surface area contributed by atoms with Crippen molar-refractivity contribution in [2.24, 2.45) is 5.84 Å². The van der Waals surface area contributed by atoms with Crippen molar-refractivity contribution in [3.05, 3.63) is 33.8 Å². The Labute approximate surface area is 117 Å². The summed E-state index contributed by atoms with van der Waals surface area (Å²) in [6.07, 6.45) is 1.84. The second-order valence-corrected chi connectivity index (χ2v) is 5.13. The molecule has 0 radical (unpaired) electrons. The predicted octanol–water partition coefficient (Wildman–Crippen LogP) is 2.56. The van der Waals surface area contributed by atoms with Crippen molar-refractivity contribution in [3.8, 4) is 0 Å². The van der Waals surface area contributed by atoms with E-state index in [1.54, 1.807) is 11.3 Å². The minimum atomic E-state index is 0.635. The molecule has 0 atom stereocenters. The van der Waals surface area contributed by atoms with Gasteiger partial charge >= 0.3 is 0 Å². The van der Waals surface area contributed by atoms with Gasteiger partial charge in [0.25, 0.3) is 0 Å². The molecule has 6 heteroatoms. The number of nitrogen functional groups attached to an aromatic ring is 1. The van der Waals surface area contributed by atoms with E-state index in [1.807, 2.05) is 13.0 Å². The van der Waals surface area contributed by atoms with Gasteiger partial charge in [0, 0.05) is 17.4 Å². The molecule has 0 spiro atoms. The zero-order valence-electron chi connectivity index (χ0n) is 11.2. The van der Waals surface area contributed by atoms with Gasteiger partial charge in [-0.2, -0.15) is 0 Å². The molecule has 2 rings (SSSR count). The van der Waals surface area contributed by atoms with Crippen molar-refractivity contribution in [1.82, 2.24) is 9.97 Å². The zero-order chi connectivity index (χ0) is 13.7. The molecule has 0 saturated carbocycles. The number of aryl methyl sites for hydroxylation is 2. The second-order valence-electron chi connectivity index (χ2n) is 4.13. The molecule has 4 N–H and O–H groups in total. The van der Waals surface area contributed by atoms with Gasteiger partial charge in [0.1, 0.15) is 17.5 Å². The first kappa shape index (κ1) is 13.8. The average Bonchev–Trinajstić information content (AvgIpc) is 2.92. The van der Waals surface area contributed by atoms with Crippen LogP contribution in [0.2, 0.25) is 0 Å². The van der Waals surface area contributed by atoms with Crippen molar-refractivity contribution in [1.29, 1.82) is 0 Å². The number of thiophene rings is 1. The van der Waals surface area contributed by atoms with Gasteiger partial charge in [-0.25, -0.2) is 15.8 Å². The van der Waals surface area contributed by atoms with Crippen LogP contribution in [0.3, 0.4) is 0 Å². The van der Waals surface area contributed by atoms with Crippen LogP contribution in [0.4, 0.5) is 11.6 Å². The lowest BCUT2D eigenvalue weighted by molar-refractivity contribution is 0.931. The number of aromatic nitrogens is 2. The first-order valence-corrected chi connectivity index (χ1v) is 7.28. The van der Waals surface area contributed by atoms with Gasteiger partial charge in [-0.3, -0.25) is 0 Å². The van der Waals surface area contributed by atoms with Crippen LogP contribution in [0.5, 0.6) is 0 Å². The van der Waals surface area contributed by atoms with E-state index in [0.717, 1.165) is 31.0 Å². The van der Waals surface area contributed by atoms with Crippen LogP contribution in [0.1, 0.15) is 30.1 Å². The summed E-state index contributed by atoms with van der Waals surface area (Å²) in [5.41, 5.74) is 3.96. The van der Waals surface area contributed by atoms with Gasteiger partial charge in [0.15, 0.2) is 0 Å². The van der Waals surface area contributed by atoms with Crippen molar-refractivity contribution in [3.63, 3.8) is 0 Å². The Hall–Kier alpha value is -1.66. The Morgan fingerprint density at radius 1 is 1.21 bits per heavy atom. The SMILES string of the molecule is CCc1nc(NN)cc(NCc2sccc2CC)n1. The summed E-state index contributed by atoms with van der Waals surface area (Å²) >= 11 is 1.77. The number of hydrogen-bond donors (Lipinski definition) is 3. The van der Waals surface area contributed by atoms with Crippen molar-refractivity contribution in [2.75, 3.05) is 10.7 Å². The molecule has 5 nitrogen and oxygen atoms in total. The minimum absolute atomic E-state index is 0.635. The molecule has 0 bridgehead atoms. The normalized spacial score (nSPS) is 10.5. The lowest BCUT2D eigenvalue weighted by Crippen LogP contribution is -2.12. The van der Waals surface area contributed by atoms with Gasteiger partial charge in [0.2, 0.25) is 0 Å². The van der Waals surface area contributed by atoms with Crippen LogP contribution in [0.15, 0.2) is 17.5 Å². The fraction of sp³-hybridized carbons (Fsp3) is 0.385. The van der Waals surface area contributed by atoms with Gasteiger partial charge in [-0.15, -0.1) is 11.3 Å². The molecule has 0 amide bonds. The highest BCUT2D eigenvalue weighted by Crippen LogP contribution is 2.19. The average molecular weight is 277 g/mol. The first-order chi connectivity index (χ1) is 9.26. The number of rotatable bonds is 6.